The molecular weight excluding hydrogens is 402 g/mol. The number of amides is 1. The number of aryl methyl sites for hydroxylation is 2. The maximum absolute atomic E-state index is 12.8. The van der Waals surface area contributed by atoms with Crippen LogP contribution in [0.3, 0.4) is 0 Å². The number of benzene rings is 2. The zero-order chi connectivity index (χ0) is 21.7. The number of carbonyl (C=O) groups is 1. The topological polar surface area (TPSA) is 97.4 Å². The first kappa shape index (κ1) is 21.5. The lowest BCUT2D eigenvalue weighted by molar-refractivity contribution is 0.102. The second-order valence-corrected chi connectivity index (χ2v) is 8.50. The average Bonchev–Trinajstić information content (AvgIpc) is 2.75. The summed E-state index contributed by atoms with van der Waals surface area (Å²) in [6.45, 7) is 3.96. The van der Waals surface area contributed by atoms with Crippen molar-refractivity contribution in [3.05, 3.63) is 83.2 Å². The van der Waals surface area contributed by atoms with E-state index in [1.54, 1.807) is 30.5 Å². The van der Waals surface area contributed by atoms with Crippen LogP contribution in [0.1, 0.15) is 27.2 Å². The molecule has 8 heteroatoms. The molecule has 0 aliphatic heterocycles. The zero-order valence-corrected chi connectivity index (χ0v) is 17.8. The molecule has 1 amide bonds. The summed E-state index contributed by atoms with van der Waals surface area (Å²) in [6, 6.07) is 15.1. The molecule has 0 fully saturated rings. The molecule has 2 N–H and O–H groups in total. The van der Waals surface area contributed by atoms with Gasteiger partial charge in [-0.1, -0.05) is 12.1 Å². The van der Waals surface area contributed by atoms with E-state index in [0.717, 1.165) is 11.1 Å². The third-order valence-corrected chi connectivity index (χ3v) is 6.07. The van der Waals surface area contributed by atoms with E-state index in [1.807, 2.05) is 26.0 Å². The van der Waals surface area contributed by atoms with Crippen LogP contribution in [0.25, 0.3) is 0 Å². The molecule has 0 aliphatic carbocycles. The van der Waals surface area contributed by atoms with Gasteiger partial charge in [-0.2, -0.15) is 0 Å². The van der Waals surface area contributed by atoms with E-state index in [4.69, 9.17) is 4.74 Å². The van der Waals surface area contributed by atoms with Crippen LogP contribution in [0.15, 0.2) is 65.7 Å². The molecule has 156 valence electrons. The minimum Gasteiger partial charge on any atom is -0.495 e. The van der Waals surface area contributed by atoms with Crippen molar-refractivity contribution in [2.45, 2.75) is 25.3 Å². The smallest absolute Gasteiger partial charge is 0.255 e. The number of aromatic nitrogens is 1. The summed E-state index contributed by atoms with van der Waals surface area (Å²) in [5.41, 5.74) is 3.57. The highest BCUT2D eigenvalue weighted by atomic mass is 32.2. The lowest BCUT2D eigenvalue weighted by Crippen LogP contribution is -2.25. The number of nitrogens with zero attached hydrogens (tertiary/aromatic N) is 1. The van der Waals surface area contributed by atoms with Crippen molar-refractivity contribution in [3.8, 4) is 5.75 Å². The normalized spacial score (nSPS) is 11.2. The van der Waals surface area contributed by atoms with Gasteiger partial charge in [0.1, 0.15) is 10.6 Å². The Labute approximate surface area is 176 Å². The molecule has 3 aromatic rings. The van der Waals surface area contributed by atoms with Crippen molar-refractivity contribution < 1.29 is 17.9 Å². The van der Waals surface area contributed by atoms with Gasteiger partial charge in [-0.15, -0.1) is 0 Å². The summed E-state index contributed by atoms with van der Waals surface area (Å²) in [4.78, 5) is 16.7. The molecule has 30 heavy (non-hydrogen) atoms. The number of pyridine rings is 1. The van der Waals surface area contributed by atoms with Crippen molar-refractivity contribution in [1.29, 1.82) is 0 Å². The van der Waals surface area contributed by atoms with E-state index >= 15 is 0 Å². The number of hydrogen-bond acceptors (Lipinski definition) is 5. The van der Waals surface area contributed by atoms with Crippen molar-refractivity contribution in [2.75, 3.05) is 12.4 Å². The molecule has 0 atom stereocenters. The number of ether oxygens (including phenoxy) is 1. The Kier molecular flexibility index (Phi) is 6.49. The lowest BCUT2D eigenvalue weighted by atomic mass is 10.1. The van der Waals surface area contributed by atoms with Gasteiger partial charge in [0.25, 0.3) is 5.91 Å². The maximum Gasteiger partial charge on any atom is 0.255 e. The maximum atomic E-state index is 12.8. The minimum atomic E-state index is -3.94. The standard InChI is InChI=1S/C22H23N3O4S/c1-15-7-9-18(12-16(15)2)25-22(26)17-8-10-20(29-3)21(13-17)30(27,28)24-14-19-6-4-5-11-23-19/h4-13,24H,14H2,1-3H3,(H,25,26). The van der Waals surface area contributed by atoms with Gasteiger partial charge in [0.05, 0.1) is 19.3 Å². The number of hydrogen-bond donors (Lipinski definition) is 2. The van der Waals surface area contributed by atoms with Crippen molar-refractivity contribution in [1.82, 2.24) is 9.71 Å². The Bertz CT molecular complexity index is 1160. The van der Waals surface area contributed by atoms with Crippen molar-refractivity contribution in [2.24, 2.45) is 0 Å². The number of rotatable bonds is 7. The Morgan fingerprint density at radius 3 is 2.50 bits per heavy atom. The Morgan fingerprint density at radius 2 is 1.83 bits per heavy atom. The van der Waals surface area contributed by atoms with Crippen LogP contribution >= 0.6 is 0 Å². The van der Waals surface area contributed by atoms with Crippen molar-refractivity contribution >= 4 is 21.6 Å². The number of nitrogens with one attached hydrogen (secondary N) is 2. The first-order valence-electron chi connectivity index (χ1n) is 9.26. The number of sulfonamides is 1. The fraction of sp³-hybridized carbons (Fsp3) is 0.182. The first-order chi connectivity index (χ1) is 14.3. The van der Waals surface area contributed by atoms with E-state index in [2.05, 4.69) is 15.0 Å². The summed E-state index contributed by atoms with van der Waals surface area (Å²) in [7, 11) is -2.56. The fourth-order valence-electron chi connectivity index (χ4n) is 2.80. The Hall–Kier alpha value is -3.23. The number of anilines is 1. The van der Waals surface area contributed by atoms with E-state index in [1.165, 1.54) is 25.3 Å². The highest BCUT2D eigenvalue weighted by Gasteiger charge is 2.22. The van der Waals surface area contributed by atoms with Crippen LogP contribution in [0.5, 0.6) is 5.75 Å². The molecule has 0 radical (unpaired) electrons. The molecule has 1 heterocycles. The predicted molar refractivity (Wildman–Crippen MR) is 115 cm³/mol. The molecule has 3 rings (SSSR count). The van der Waals surface area contributed by atoms with Crippen LogP contribution < -0.4 is 14.8 Å². The zero-order valence-electron chi connectivity index (χ0n) is 17.0. The SMILES string of the molecule is COc1ccc(C(=O)Nc2ccc(C)c(C)c2)cc1S(=O)(=O)NCc1ccccn1. The minimum absolute atomic E-state index is 0.0192. The summed E-state index contributed by atoms with van der Waals surface area (Å²) < 4.78 is 33.4. The third kappa shape index (κ3) is 5.03. The van der Waals surface area contributed by atoms with Crippen LogP contribution in [0.2, 0.25) is 0 Å². The monoisotopic (exact) mass is 425 g/mol. The summed E-state index contributed by atoms with van der Waals surface area (Å²) >= 11 is 0. The van der Waals surface area contributed by atoms with Crippen LogP contribution in [-0.4, -0.2) is 26.4 Å². The molecule has 2 aromatic carbocycles. The molecule has 0 bridgehead atoms. The van der Waals surface area contributed by atoms with Gasteiger partial charge in [-0.3, -0.25) is 9.78 Å². The van der Waals surface area contributed by atoms with E-state index in [9.17, 15) is 13.2 Å². The van der Waals surface area contributed by atoms with E-state index in [0.29, 0.717) is 11.4 Å². The number of methoxy groups -OCH3 is 1. The fourth-order valence-corrected chi connectivity index (χ4v) is 3.99. The lowest BCUT2D eigenvalue weighted by Gasteiger charge is -2.13. The quantitative estimate of drug-likeness (QED) is 0.604. The summed E-state index contributed by atoms with van der Waals surface area (Å²) in [5, 5.41) is 2.80. The second-order valence-electron chi connectivity index (χ2n) is 6.76. The largest absolute Gasteiger partial charge is 0.495 e. The summed E-state index contributed by atoms with van der Waals surface area (Å²) in [6.07, 6.45) is 1.59. The summed E-state index contributed by atoms with van der Waals surface area (Å²) in [5.74, 6) is -0.270. The third-order valence-electron chi connectivity index (χ3n) is 4.65. The van der Waals surface area contributed by atoms with Gasteiger partial charge in [-0.05, 0) is 67.4 Å². The Balaban J connectivity index is 1.85. The van der Waals surface area contributed by atoms with Crippen LogP contribution in [0, 0.1) is 13.8 Å². The molecule has 0 saturated heterocycles. The van der Waals surface area contributed by atoms with Crippen LogP contribution in [-0.2, 0) is 16.6 Å². The average molecular weight is 426 g/mol. The van der Waals surface area contributed by atoms with Crippen LogP contribution in [0.4, 0.5) is 5.69 Å². The predicted octanol–water partition coefficient (Wildman–Crippen LogP) is 3.44. The molecular formula is C22H23N3O4S. The Morgan fingerprint density at radius 1 is 1.03 bits per heavy atom. The molecule has 7 nitrogen and oxygen atoms in total. The van der Waals surface area contributed by atoms with Gasteiger partial charge in [-0.25, -0.2) is 13.1 Å². The first-order valence-corrected chi connectivity index (χ1v) is 10.7. The van der Waals surface area contributed by atoms with Gasteiger partial charge < -0.3 is 10.1 Å². The van der Waals surface area contributed by atoms with Gasteiger partial charge in [0.2, 0.25) is 10.0 Å². The van der Waals surface area contributed by atoms with E-state index < -0.39 is 15.9 Å². The van der Waals surface area contributed by atoms with Gasteiger partial charge in [0.15, 0.2) is 0 Å². The molecule has 0 saturated carbocycles. The molecule has 0 spiro atoms. The van der Waals surface area contributed by atoms with E-state index in [-0.39, 0.29) is 22.8 Å². The van der Waals surface area contributed by atoms with Gasteiger partial charge in [0, 0.05) is 17.4 Å². The molecule has 0 unspecified atom stereocenters. The second kappa shape index (κ2) is 9.06. The van der Waals surface area contributed by atoms with Gasteiger partial charge >= 0.3 is 0 Å². The van der Waals surface area contributed by atoms with Crippen molar-refractivity contribution in [3.63, 3.8) is 0 Å². The highest BCUT2D eigenvalue weighted by Crippen LogP contribution is 2.26. The molecule has 0 aliphatic rings. The highest BCUT2D eigenvalue weighted by molar-refractivity contribution is 7.89. The molecule has 1 aromatic heterocycles. The number of carbonyl (C=O) groups excluding carboxylic acids is 1.